The molecule has 0 radical (unpaired) electrons. The maximum atomic E-state index is 12.4. The largest absolute Gasteiger partial charge is 0.545 e. The first-order valence-corrected chi connectivity index (χ1v) is 8.90. The normalized spacial score (nSPS) is 10.3. The number of hydrogen-bond acceptors (Lipinski definition) is 5. The predicted octanol–water partition coefficient (Wildman–Crippen LogP) is 2.92. The number of carboxylic acids is 1. The minimum absolute atomic E-state index is 0.0115. The van der Waals surface area contributed by atoms with Crippen molar-refractivity contribution in [3.05, 3.63) is 81.5 Å². The number of carboxylic acid groups (broad SMARTS) is 1. The summed E-state index contributed by atoms with van der Waals surface area (Å²) in [7, 11) is 0. The number of anilines is 2. The number of benzene rings is 2. The van der Waals surface area contributed by atoms with Crippen LogP contribution < -0.4 is 15.7 Å². The van der Waals surface area contributed by atoms with Crippen molar-refractivity contribution in [2.45, 2.75) is 6.92 Å². The fourth-order valence-corrected chi connectivity index (χ4v) is 3.00. The Hall–Kier alpha value is -3.45. The monoisotopic (exact) mass is 379 g/mol. The molecule has 3 aromatic rings. The van der Waals surface area contributed by atoms with Gasteiger partial charge in [0.15, 0.2) is 0 Å². The molecule has 0 bridgehead atoms. The Morgan fingerprint density at radius 2 is 1.59 bits per heavy atom. The summed E-state index contributed by atoms with van der Waals surface area (Å²) in [5, 5.41) is 18.2. The van der Waals surface area contributed by atoms with Gasteiger partial charge >= 0.3 is 0 Å². The van der Waals surface area contributed by atoms with Crippen LogP contribution in [0.2, 0.25) is 0 Å². The van der Waals surface area contributed by atoms with E-state index in [9.17, 15) is 19.5 Å². The molecular formula is C20H15N2O4S-. The fraction of sp³-hybridized carbons (Fsp3) is 0.0500. The number of aryl methyl sites for hydroxylation is 1. The first kappa shape index (κ1) is 18.3. The van der Waals surface area contributed by atoms with Crippen molar-refractivity contribution in [1.82, 2.24) is 0 Å². The molecule has 3 rings (SSSR count). The van der Waals surface area contributed by atoms with E-state index in [1.807, 2.05) is 5.38 Å². The summed E-state index contributed by atoms with van der Waals surface area (Å²) in [6.45, 7) is 1.76. The molecule has 2 amide bonds. The smallest absolute Gasteiger partial charge is 0.265 e. The lowest BCUT2D eigenvalue weighted by Crippen LogP contribution is -2.22. The van der Waals surface area contributed by atoms with E-state index in [0.717, 1.165) is 5.56 Å². The van der Waals surface area contributed by atoms with Crippen LogP contribution in [0.1, 0.15) is 36.0 Å². The number of carbonyl (C=O) groups is 3. The van der Waals surface area contributed by atoms with Crippen LogP contribution in [0.15, 0.2) is 60.0 Å². The zero-order chi connectivity index (χ0) is 19.4. The highest BCUT2D eigenvalue weighted by Crippen LogP contribution is 2.19. The first-order chi connectivity index (χ1) is 12.9. The van der Waals surface area contributed by atoms with Crippen molar-refractivity contribution in [1.29, 1.82) is 0 Å². The SMILES string of the molecule is Cc1ccc(C(=O)[O-])cc1NC(=O)c1ccc(NC(=O)c2cccs2)cc1. The van der Waals surface area contributed by atoms with Crippen LogP contribution in [-0.2, 0) is 0 Å². The average molecular weight is 379 g/mol. The molecule has 0 aliphatic rings. The van der Waals surface area contributed by atoms with Crippen LogP contribution >= 0.6 is 11.3 Å². The molecule has 0 aliphatic carbocycles. The van der Waals surface area contributed by atoms with Gasteiger partial charge < -0.3 is 20.5 Å². The van der Waals surface area contributed by atoms with Crippen molar-refractivity contribution >= 4 is 40.5 Å². The molecule has 1 aromatic heterocycles. The van der Waals surface area contributed by atoms with E-state index >= 15 is 0 Å². The van der Waals surface area contributed by atoms with Crippen molar-refractivity contribution in [3.8, 4) is 0 Å². The Labute approximate surface area is 159 Å². The summed E-state index contributed by atoms with van der Waals surface area (Å²) in [5.41, 5.74) is 2.06. The van der Waals surface area contributed by atoms with E-state index in [0.29, 0.717) is 21.8 Å². The number of hydrogen-bond donors (Lipinski definition) is 2. The molecule has 6 nitrogen and oxygen atoms in total. The highest BCUT2D eigenvalue weighted by Gasteiger charge is 2.10. The summed E-state index contributed by atoms with van der Waals surface area (Å²) < 4.78 is 0. The molecule has 27 heavy (non-hydrogen) atoms. The summed E-state index contributed by atoms with van der Waals surface area (Å²) in [6, 6.07) is 14.3. The summed E-state index contributed by atoms with van der Waals surface area (Å²) in [6.07, 6.45) is 0. The van der Waals surface area contributed by atoms with Gasteiger partial charge in [0.25, 0.3) is 11.8 Å². The van der Waals surface area contributed by atoms with Gasteiger partial charge in [-0.15, -0.1) is 11.3 Å². The van der Waals surface area contributed by atoms with Gasteiger partial charge in [0.1, 0.15) is 0 Å². The molecule has 2 N–H and O–H groups in total. The fourth-order valence-electron chi connectivity index (χ4n) is 2.38. The van der Waals surface area contributed by atoms with Crippen LogP contribution in [0.3, 0.4) is 0 Å². The quantitative estimate of drug-likeness (QED) is 0.712. The molecule has 0 spiro atoms. The number of aromatic carboxylic acids is 1. The molecule has 136 valence electrons. The maximum absolute atomic E-state index is 12.4. The Morgan fingerprint density at radius 1 is 0.889 bits per heavy atom. The molecule has 0 saturated heterocycles. The Bertz CT molecular complexity index is 995. The minimum atomic E-state index is -1.31. The first-order valence-electron chi connectivity index (χ1n) is 8.02. The number of thiophene rings is 1. The van der Waals surface area contributed by atoms with Gasteiger partial charge in [-0.05, 0) is 59.8 Å². The van der Waals surface area contributed by atoms with Gasteiger partial charge in [0.2, 0.25) is 0 Å². The molecule has 1 heterocycles. The maximum Gasteiger partial charge on any atom is 0.265 e. The van der Waals surface area contributed by atoms with Crippen LogP contribution in [0, 0.1) is 6.92 Å². The second-order valence-electron chi connectivity index (χ2n) is 5.78. The molecule has 0 aliphatic heterocycles. The van der Waals surface area contributed by atoms with Crippen molar-refractivity contribution in [2.75, 3.05) is 10.6 Å². The number of carbonyl (C=O) groups excluding carboxylic acids is 3. The zero-order valence-electron chi connectivity index (χ0n) is 14.3. The van der Waals surface area contributed by atoms with Crippen LogP contribution in [0.5, 0.6) is 0 Å². The topological polar surface area (TPSA) is 98.3 Å². The van der Waals surface area contributed by atoms with Gasteiger partial charge in [-0.2, -0.15) is 0 Å². The number of amides is 2. The van der Waals surface area contributed by atoms with E-state index in [1.165, 1.54) is 23.5 Å². The predicted molar refractivity (Wildman–Crippen MR) is 102 cm³/mol. The van der Waals surface area contributed by atoms with Crippen LogP contribution in [-0.4, -0.2) is 17.8 Å². The zero-order valence-corrected chi connectivity index (χ0v) is 15.1. The highest BCUT2D eigenvalue weighted by atomic mass is 32.1. The number of nitrogens with one attached hydrogen (secondary N) is 2. The number of rotatable bonds is 5. The third kappa shape index (κ3) is 4.39. The lowest BCUT2D eigenvalue weighted by atomic mass is 10.1. The molecular weight excluding hydrogens is 364 g/mol. The molecule has 0 fully saturated rings. The third-order valence-electron chi connectivity index (χ3n) is 3.87. The second kappa shape index (κ2) is 7.84. The van der Waals surface area contributed by atoms with Gasteiger partial charge in [0.05, 0.1) is 10.8 Å². The van der Waals surface area contributed by atoms with E-state index < -0.39 is 5.97 Å². The van der Waals surface area contributed by atoms with E-state index in [1.54, 1.807) is 49.4 Å². The van der Waals surface area contributed by atoms with Crippen molar-refractivity contribution < 1.29 is 19.5 Å². The van der Waals surface area contributed by atoms with E-state index in [2.05, 4.69) is 10.6 Å². The van der Waals surface area contributed by atoms with Gasteiger partial charge in [-0.3, -0.25) is 9.59 Å². The molecule has 0 unspecified atom stereocenters. The van der Waals surface area contributed by atoms with Crippen molar-refractivity contribution in [3.63, 3.8) is 0 Å². The van der Waals surface area contributed by atoms with E-state index in [-0.39, 0.29) is 17.4 Å². The Balaban J connectivity index is 1.70. The lowest BCUT2D eigenvalue weighted by Gasteiger charge is -2.11. The summed E-state index contributed by atoms with van der Waals surface area (Å²) in [5.74, 6) is -1.90. The third-order valence-corrected chi connectivity index (χ3v) is 4.74. The minimum Gasteiger partial charge on any atom is -0.545 e. The second-order valence-corrected chi connectivity index (χ2v) is 6.73. The lowest BCUT2D eigenvalue weighted by molar-refractivity contribution is -0.255. The van der Waals surface area contributed by atoms with Crippen LogP contribution in [0.4, 0.5) is 11.4 Å². The van der Waals surface area contributed by atoms with E-state index in [4.69, 9.17) is 0 Å². The Morgan fingerprint density at radius 3 is 2.22 bits per heavy atom. The summed E-state index contributed by atoms with van der Waals surface area (Å²) >= 11 is 1.34. The molecule has 2 aromatic carbocycles. The van der Waals surface area contributed by atoms with Crippen LogP contribution in [0.25, 0.3) is 0 Å². The Kier molecular flexibility index (Phi) is 5.33. The van der Waals surface area contributed by atoms with Crippen molar-refractivity contribution in [2.24, 2.45) is 0 Å². The van der Waals surface area contributed by atoms with Gasteiger partial charge in [-0.1, -0.05) is 18.2 Å². The molecule has 0 saturated carbocycles. The molecule has 0 atom stereocenters. The van der Waals surface area contributed by atoms with Gasteiger partial charge in [0, 0.05) is 16.9 Å². The highest BCUT2D eigenvalue weighted by molar-refractivity contribution is 7.12. The van der Waals surface area contributed by atoms with Gasteiger partial charge in [-0.25, -0.2) is 0 Å². The molecule has 7 heteroatoms. The average Bonchev–Trinajstić information content (AvgIpc) is 3.18. The standard InChI is InChI=1S/C20H16N2O4S/c1-12-4-5-14(20(25)26)11-16(12)22-18(23)13-6-8-15(9-7-13)21-19(24)17-3-2-10-27-17/h2-11H,1H3,(H,21,24)(H,22,23)(H,25,26)/p-1. The summed E-state index contributed by atoms with van der Waals surface area (Å²) in [4.78, 5) is 36.0.